The van der Waals surface area contributed by atoms with Crippen LogP contribution in [0.2, 0.25) is 0 Å². The standard InChI is InChI=1S/C8H12N2/c9-8(3-1-4-8)7-2-5-10-6-7/h2,5-6,10H,1,3-4,9H2. The van der Waals surface area contributed by atoms with Crippen LogP contribution >= 0.6 is 0 Å². The van der Waals surface area contributed by atoms with Gasteiger partial charge in [-0.25, -0.2) is 0 Å². The highest BCUT2D eigenvalue weighted by atomic mass is 14.8. The van der Waals surface area contributed by atoms with Crippen molar-refractivity contribution in [3.63, 3.8) is 0 Å². The number of hydrogen-bond acceptors (Lipinski definition) is 1. The molecular formula is C8H12N2. The van der Waals surface area contributed by atoms with Crippen molar-refractivity contribution in [2.75, 3.05) is 0 Å². The quantitative estimate of drug-likeness (QED) is 0.601. The fourth-order valence-electron chi connectivity index (χ4n) is 1.48. The topological polar surface area (TPSA) is 41.8 Å². The van der Waals surface area contributed by atoms with Gasteiger partial charge in [-0.3, -0.25) is 0 Å². The van der Waals surface area contributed by atoms with E-state index < -0.39 is 0 Å². The van der Waals surface area contributed by atoms with Gasteiger partial charge in [0.05, 0.1) is 0 Å². The first-order chi connectivity index (χ1) is 4.81. The van der Waals surface area contributed by atoms with E-state index in [1.54, 1.807) is 0 Å². The fraction of sp³-hybridized carbons (Fsp3) is 0.500. The molecule has 3 N–H and O–H groups in total. The van der Waals surface area contributed by atoms with E-state index in [2.05, 4.69) is 11.1 Å². The van der Waals surface area contributed by atoms with Crippen LogP contribution in [0.15, 0.2) is 18.5 Å². The zero-order valence-corrected chi connectivity index (χ0v) is 5.93. The summed E-state index contributed by atoms with van der Waals surface area (Å²) in [4.78, 5) is 3.02. The molecular weight excluding hydrogens is 124 g/mol. The molecule has 0 atom stereocenters. The van der Waals surface area contributed by atoms with Crippen LogP contribution in [0, 0.1) is 0 Å². The van der Waals surface area contributed by atoms with Gasteiger partial charge >= 0.3 is 0 Å². The summed E-state index contributed by atoms with van der Waals surface area (Å²) in [6.45, 7) is 0. The molecule has 2 heteroatoms. The van der Waals surface area contributed by atoms with Gasteiger partial charge in [0.2, 0.25) is 0 Å². The van der Waals surface area contributed by atoms with Crippen LogP contribution in [-0.4, -0.2) is 4.98 Å². The first kappa shape index (κ1) is 5.98. The van der Waals surface area contributed by atoms with Crippen LogP contribution in [0.4, 0.5) is 0 Å². The molecule has 0 bridgehead atoms. The van der Waals surface area contributed by atoms with Gasteiger partial charge in [-0.05, 0) is 30.9 Å². The maximum Gasteiger partial charge on any atom is 0.0424 e. The fourth-order valence-corrected chi connectivity index (χ4v) is 1.48. The number of H-pyrrole nitrogens is 1. The first-order valence-corrected chi connectivity index (χ1v) is 3.73. The molecule has 0 radical (unpaired) electrons. The van der Waals surface area contributed by atoms with Crippen molar-refractivity contribution in [1.82, 2.24) is 4.98 Å². The highest BCUT2D eigenvalue weighted by Gasteiger charge is 2.34. The summed E-state index contributed by atoms with van der Waals surface area (Å²) >= 11 is 0. The van der Waals surface area contributed by atoms with Crippen LogP contribution < -0.4 is 5.73 Å². The summed E-state index contributed by atoms with van der Waals surface area (Å²) in [5, 5.41) is 0. The van der Waals surface area contributed by atoms with E-state index in [-0.39, 0.29) is 5.54 Å². The molecule has 1 fully saturated rings. The van der Waals surface area contributed by atoms with Crippen LogP contribution in [0.3, 0.4) is 0 Å². The lowest BCUT2D eigenvalue weighted by atomic mass is 9.74. The molecule has 1 aliphatic rings. The van der Waals surface area contributed by atoms with Crippen molar-refractivity contribution in [2.45, 2.75) is 24.8 Å². The second kappa shape index (κ2) is 1.86. The second-order valence-corrected chi connectivity index (χ2v) is 3.11. The largest absolute Gasteiger partial charge is 0.367 e. The number of nitrogens with one attached hydrogen (secondary N) is 1. The molecule has 0 aliphatic heterocycles. The highest BCUT2D eigenvalue weighted by molar-refractivity contribution is 5.22. The molecule has 1 aliphatic carbocycles. The summed E-state index contributed by atoms with van der Waals surface area (Å²) in [5.74, 6) is 0. The molecule has 0 amide bonds. The minimum atomic E-state index is 0.0139. The van der Waals surface area contributed by atoms with Crippen LogP contribution in [0.25, 0.3) is 0 Å². The number of aromatic amines is 1. The molecule has 1 heterocycles. The Bertz CT molecular complexity index is 209. The average molecular weight is 136 g/mol. The molecule has 2 rings (SSSR count). The minimum Gasteiger partial charge on any atom is -0.367 e. The molecule has 2 nitrogen and oxygen atoms in total. The van der Waals surface area contributed by atoms with Gasteiger partial charge in [-0.1, -0.05) is 0 Å². The second-order valence-electron chi connectivity index (χ2n) is 3.11. The maximum absolute atomic E-state index is 6.05. The van der Waals surface area contributed by atoms with Gasteiger partial charge in [0.25, 0.3) is 0 Å². The molecule has 54 valence electrons. The van der Waals surface area contributed by atoms with Crippen molar-refractivity contribution < 1.29 is 0 Å². The summed E-state index contributed by atoms with van der Waals surface area (Å²) in [7, 11) is 0. The van der Waals surface area contributed by atoms with Crippen LogP contribution in [0.5, 0.6) is 0 Å². The molecule has 1 aromatic rings. The molecule has 1 aromatic heterocycles. The van der Waals surface area contributed by atoms with Gasteiger partial charge in [0.15, 0.2) is 0 Å². The average Bonchev–Trinajstić information content (AvgIpc) is 2.33. The van der Waals surface area contributed by atoms with E-state index in [0.29, 0.717) is 0 Å². The van der Waals surface area contributed by atoms with Crippen molar-refractivity contribution in [3.8, 4) is 0 Å². The number of nitrogens with two attached hydrogens (primary N) is 1. The monoisotopic (exact) mass is 136 g/mol. The van der Waals surface area contributed by atoms with Crippen molar-refractivity contribution in [3.05, 3.63) is 24.0 Å². The minimum absolute atomic E-state index is 0.0139. The predicted octanol–water partition coefficient (Wildman–Crippen LogP) is 1.35. The Morgan fingerprint density at radius 2 is 2.30 bits per heavy atom. The molecule has 0 unspecified atom stereocenters. The van der Waals surface area contributed by atoms with Gasteiger partial charge in [-0.15, -0.1) is 0 Å². The van der Waals surface area contributed by atoms with E-state index in [4.69, 9.17) is 5.73 Å². The third kappa shape index (κ3) is 0.688. The predicted molar refractivity (Wildman–Crippen MR) is 40.5 cm³/mol. The Hall–Kier alpha value is -0.760. The molecule has 0 saturated heterocycles. The number of hydrogen-bond donors (Lipinski definition) is 2. The molecule has 0 aromatic carbocycles. The number of rotatable bonds is 1. The smallest absolute Gasteiger partial charge is 0.0424 e. The Morgan fingerprint density at radius 1 is 1.50 bits per heavy atom. The number of aromatic nitrogens is 1. The first-order valence-electron chi connectivity index (χ1n) is 3.73. The van der Waals surface area contributed by atoms with E-state index in [1.807, 2.05) is 12.4 Å². The van der Waals surface area contributed by atoms with Crippen LogP contribution in [-0.2, 0) is 5.54 Å². The summed E-state index contributed by atoms with van der Waals surface area (Å²) in [6, 6.07) is 2.07. The normalized spacial score (nSPS) is 22.1. The summed E-state index contributed by atoms with van der Waals surface area (Å²) in [5.41, 5.74) is 7.33. The lowest BCUT2D eigenvalue weighted by Crippen LogP contribution is -2.42. The van der Waals surface area contributed by atoms with E-state index in [9.17, 15) is 0 Å². The van der Waals surface area contributed by atoms with Crippen molar-refractivity contribution in [1.29, 1.82) is 0 Å². The summed E-state index contributed by atoms with van der Waals surface area (Å²) < 4.78 is 0. The van der Waals surface area contributed by atoms with E-state index >= 15 is 0 Å². The molecule has 0 spiro atoms. The van der Waals surface area contributed by atoms with Crippen LogP contribution in [0.1, 0.15) is 24.8 Å². The lowest BCUT2D eigenvalue weighted by molar-refractivity contribution is 0.254. The third-order valence-electron chi connectivity index (χ3n) is 2.42. The van der Waals surface area contributed by atoms with Gasteiger partial charge < -0.3 is 10.7 Å². The SMILES string of the molecule is NC1(c2cc[nH]c2)CCC1. The summed E-state index contributed by atoms with van der Waals surface area (Å²) in [6.07, 6.45) is 7.50. The molecule has 10 heavy (non-hydrogen) atoms. The van der Waals surface area contributed by atoms with E-state index in [1.165, 1.54) is 12.0 Å². The Kier molecular flexibility index (Phi) is 1.11. The Labute approximate surface area is 60.4 Å². The van der Waals surface area contributed by atoms with Gasteiger partial charge in [-0.2, -0.15) is 0 Å². The van der Waals surface area contributed by atoms with E-state index in [0.717, 1.165) is 12.8 Å². The van der Waals surface area contributed by atoms with Gasteiger partial charge in [0, 0.05) is 17.9 Å². The third-order valence-corrected chi connectivity index (χ3v) is 2.42. The van der Waals surface area contributed by atoms with Crippen molar-refractivity contribution in [2.24, 2.45) is 5.73 Å². The Balaban J connectivity index is 2.27. The molecule has 1 saturated carbocycles. The lowest BCUT2D eigenvalue weighted by Gasteiger charge is -2.37. The highest BCUT2D eigenvalue weighted by Crippen LogP contribution is 2.38. The zero-order valence-electron chi connectivity index (χ0n) is 5.93. The van der Waals surface area contributed by atoms with Gasteiger partial charge in [0.1, 0.15) is 0 Å². The van der Waals surface area contributed by atoms with Crippen molar-refractivity contribution >= 4 is 0 Å². The maximum atomic E-state index is 6.05. The zero-order chi connectivity index (χ0) is 7.03. The Morgan fingerprint density at radius 3 is 2.70 bits per heavy atom.